The molecule has 1 rings (SSSR count). The molecule has 1 heterocycles. The van der Waals surface area contributed by atoms with Gasteiger partial charge in [-0.1, -0.05) is 0 Å². The molecule has 78 valence electrons. The summed E-state index contributed by atoms with van der Waals surface area (Å²) in [5.74, 6) is 2.67. The van der Waals surface area contributed by atoms with Gasteiger partial charge in [0.1, 0.15) is 0 Å². The van der Waals surface area contributed by atoms with Crippen molar-refractivity contribution in [3.8, 4) is 0 Å². The lowest BCUT2D eigenvalue weighted by molar-refractivity contribution is 0.192. The third-order valence-corrected chi connectivity index (χ3v) is 3.58. The zero-order valence-corrected chi connectivity index (χ0v) is 9.37. The smallest absolute Gasteiger partial charge is 0.0462 e. The summed E-state index contributed by atoms with van der Waals surface area (Å²) in [6, 6.07) is 0.779. The van der Waals surface area contributed by atoms with Crippen molar-refractivity contribution in [3.63, 3.8) is 0 Å². The summed E-state index contributed by atoms with van der Waals surface area (Å²) in [6.07, 6.45) is 5.19. The maximum atomic E-state index is 5.00. The zero-order valence-electron chi connectivity index (χ0n) is 8.55. The van der Waals surface area contributed by atoms with Crippen LogP contribution in [-0.2, 0) is 4.74 Å². The van der Waals surface area contributed by atoms with Crippen LogP contribution in [0.4, 0.5) is 0 Å². The van der Waals surface area contributed by atoms with Crippen LogP contribution < -0.4 is 5.32 Å². The van der Waals surface area contributed by atoms with Crippen molar-refractivity contribution in [2.75, 3.05) is 31.8 Å². The second-order valence-electron chi connectivity index (χ2n) is 3.57. The van der Waals surface area contributed by atoms with Gasteiger partial charge in [0.2, 0.25) is 0 Å². The van der Waals surface area contributed by atoms with E-state index in [0.29, 0.717) is 0 Å². The molecule has 1 atom stereocenters. The third-order valence-electron chi connectivity index (χ3n) is 2.37. The molecule has 0 bridgehead atoms. The quantitative estimate of drug-likeness (QED) is 0.666. The lowest BCUT2D eigenvalue weighted by atomic mass is 10.2. The number of rotatable bonds is 6. The fourth-order valence-electron chi connectivity index (χ4n) is 1.58. The lowest BCUT2D eigenvalue weighted by Gasteiger charge is -2.22. The molecular formula is C10H21NOS. The fraction of sp³-hybridized carbons (Fsp3) is 1.00. The van der Waals surface area contributed by atoms with E-state index in [4.69, 9.17) is 4.74 Å². The molecule has 1 unspecified atom stereocenters. The van der Waals surface area contributed by atoms with Gasteiger partial charge in [0.25, 0.3) is 0 Å². The molecule has 0 aromatic heterocycles. The molecule has 0 aliphatic carbocycles. The third kappa shape index (κ3) is 5.55. The molecule has 1 aliphatic heterocycles. The van der Waals surface area contributed by atoms with Gasteiger partial charge in [-0.3, -0.25) is 0 Å². The van der Waals surface area contributed by atoms with Gasteiger partial charge in [-0.15, -0.1) is 0 Å². The number of hydrogen-bond acceptors (Lipinski definition) is 3. The van der Waals surface area contributed by atoms with Gasteiger partial charge in [-0.2, -0.15) is 11.8 Å². The number of nitrogens with one attached hydrogen (secondary N) is 1. The molecule has 1 N–H and O–H groups in total. The van der Waals surface area contributed by atoms with Gasteiger partial charge >= 0.3 is 0 Å². The molecule has 0 spiro atoms. The summed E-state index contributed by atoms with van der Waals surface area (Å²) < 4.78 is 5.00. The molecule has 13 heavy (non-hydrogen) atoms. The number of methoxy groups -OCH3 is 1. The summed E-state index contributed by atoms with van der Waals surface area (Å²) in [5, 5.41) is 3.60. The van der Waals surface area contributed by atoms with Gasteiger partial charge in [-0.25, -0.2) is 0 Å². The maximum absolute atomic E-state index is 5.00. The van der Waals surface area contributed by atoms with Gasteiger partial charge in [0.05, 0.1) is 0 Å². The highest BCUT2D eigenvalue weighted by Gasteiger charge is 2.11. The minimum absolute atomic E-state index is 0.779. The Morgan fingerprint density at radius 1 is 1.46 bits per heavy atom. The molecule has 1 aliphatic rings. The van der Waals surface area contributed by atoms with E-state index in [-0.39, 0.29) is 0 Å². The summed E-state index contributed by atoms with van der Waals surface area (Å²) in [4.78, 5) is 0. The molecule has 0 aromatic carbocycles. The Morgan fingerprint density at radius 3 is 3.08 bits per heavy atom. The second kappa shape index (κ2) is 7.65. The predicted octanol–water partition coefficient (Wildman–Crippen LogP) is 1.90. The normalized spacial score (nSPS) is 23.3. The van der Waals surface area contributed by atoms with E-state index in [1.54, 1.807) is 7.11 Å². The van der Waals surface area contributed by atoms with Crippen LogP contribution >= 0.6 is 11.8 Å². The minimum Gasteiger partial charge on any atom is -0.385 e. The first-order chi connectivity index (χ1) is 6.43. The Morgan fingerprint density at radius 2 is 2.38 bits per heavy atom. The maximum Gasteiger partial charge on any atom is 0.0462 e. The first kappa shape index (κ1) is 11.3. The molecule has 0 saturated carbocycles. The topological polar surface area (TPSA) is 21.3 Å². The number of hydrogen-bond donors (Lipinski definition) is 1. The summed E-state index contributed by atoms with van der Waals surface area (Å²) in [7, 11) is 1.77. The van der Waals surface area contributed by atoms with Crippen molar-refractivity contribution in [1.82, 2.24) is 5.32 Å². The van der Waals surface area contributed by atoms with E-state index in [1.807, 2.05) is 0 Å². The Labute approximate surface area is 85.8 Å². The monoisotopic (exact) mass is 203 g/mol. The highest BCUT2D eigenvalue weighted by molar-refractivity contribution is 7.99. The Kier molecular flexibility index (Phi) is 6.68. The molecule has 3 heteroatoms. The summed E-state index contributed by atoms with van der Waals surface area (Å²) in [5.41, 5.74) is 0. The minimum atomic E-state index is 0.779. The Balaban J connectivity index is 1.86. The van der Waals surface area contributed by atoms with E-state index in [1.165, 1.54) is 37.2 Å². The summed E-state index contributed by atoms with van der Waals surface area (Å²) >= 11 is 2.08. The number of thioether (sulfide) groups is 1. The first-order valence-corrected chi connectivity index (χ1v) is 6.39. The lowest BCUT2D eigenvalue weighted by Crippen LogP contribution is -2.34. The van der Waals surface area contributed by atoms with Crippen LogP contribution in [0.25, 0.3) is 0 Å². The van der Waals surface area contributed by atoms with Gasteiger partial charge < -0.3 is 10.1 Å². The Hall–Kier alpha value is 0.270. The zero-order chi connectivity index (χ0) is 9.36. The largest absolute Gasteiger partial charge is 0.385 e. The van der Waals surface area contributed by atoms with Crippen molar-refractivity contribution in [2.45, 2.75) is 31.7 Å². The van der Waals surface area contributed by atoms with Crippen molar-refractivity contribution in [1.29, 1.82) is 0 Å². The molecule has 1 fully saturated rings. The van der Waals surface area contributed by atoms with E-state index < -0.39 is 0 Å². The molecule has 1 saturated heterocycles. The van der Waals surface area contributed by atoms with Crippen LogP contribution in [0.1, 0.15) is 25.7 Å². The van der Waals surface area contributed by atoms with Crippen molar-refractivity contribution in [3.05, 3.63) is 0 Å². The number of ether oxygens (including phenoxy) is 1. The van der Waals surface area contributed by atoms with E-state index >= 15 is 0 Å². The van der Waals surface area contributed by atoms with Crippen molar-refractivity contribution in [2.24, 2.45) is 0 Å². The van der Waals surface area contributed by atoms with Crippen LogP contribution in [-0.4, -0.2) is 37.8 Å². The highest BCUT2D eigenvalue weighted by Crippen LogP contribution is 2.16. The standard InChI is InChI=1S/C10H21NOS/c1-12-7-3-2-6-11-10-5-4-8-13-9-10/h10-11H,2-9H2,1H3. The van der Waals surface area contributed by atoms with E-state index in [9.17, 15) is 0 Å². The van der Waals surface area contributed by atoms with Crippen LogP contribution in [0.5, 0.6) is 0 Å². The predicted molar refractivity (Wildman–Crippen MR) is 59.5 cm³/mol. The van der Waals surface area contributed by atoms with Crippen LogP contribution in [0.15, 0.2) is 0 Å². The average Bonchev–Trinajstić information content (AvgIpc) is 2.19. The molecule has 2 nitrogen and oxygen atoms in total. The highest BCUT2D eigenvalue weighted by atomic mass is 32.2. The van der Waals surface area contributed by atoms with Gasteiger partial charge in [0, 0.05) is 25.5 Å². The Bertz CT molecular complexity index is 115. The van der Waals surface area contributed by atoms with Crippen molar-refractivity contribution >= 4 is 11.8 Å². The fourth-order valence-corrected chi connectivity index (χ4v) is 2.69. The van der Waals surface area contributed by atoms with E-state index in [0.717, 1.165) is 19.2 Å². The van der Waals surface area contributed by atoms with Crippen molar-refractivity contribution < 1.29 is 4.74 Å². The van der Waals surface area contributed by atoms with Gasteiger partial charge in [0.15, 0.2) is 0 Å². The second-order valence-corrected chi connectivity index (χ2v) is 4.72. The molecule has 0 radical (unpaired) electrons. The van der Waals surface area contributed by atoms with Crippen LogP contribution in [0.2, 0.25) is 0 Å². The average molecular weight is 203 g/mol. The number of unbranched alkanes of at least 4 members (excludes halogenated alkanes) is 1. The van der Waals surface area contributed by atoms with Crippen LogP contribution in [0.3, 0.4) is 0 Å². The SMILES string of the molecule is COCCCCNC1CCCSC1. The molecule has 0 aromatic rings. The summed E-state index contributed by atoms with van der Waals surface area (Å²) in [6.45, 7) is 2.07. The molecular weight excluding hydrogens is 182 g/mol. The van der Waals surface area contributed by atoms with Crippen LogP contribution in [0, 0.1) is 0 Å². The molecule has 0 amide bonds. The van der Waals surface area contributed by atoms with Gasteiger partial charge in [-0.05, 0) is 38.0 Å². The first-order valence-electron chi connectivity index (χ1n) is 5.23. The van der Waals surface area contributed by atoms with E-state index in [2.05, 4.69) is 17.1 Å².